The minimum Gasteiger partial charge on any atom is -0.493 e. The van der Waals surface area contributed by atoms with Gasteiger partial charge >= 0.3 is 0 Å². The van der Waals surface area contributed by atoms with Crippen LogP contribution in [0.5, 0.6) is 5.75 Å². The molecule has 0 spiro atoms. The molecular formula is C20H20ClNO3. The van der Waals surface area contributed by atoms with Crippen LogP contribution in [0.1, 0.15) is 42.1 Å². The molecule has 1 aliphatic heterocycles. The summed E-state index contributed by atoms with van der Waals surface area (Å²) < 4.78 is 5.87. The molecule has 1 heterocycles. The first-order chi connectivity index (χ1) is 12.1. The normalized spacial score (nSPS) is 13.3. The maximum Gasteiger partial charge on any atom is 0.299 e. The van der Waals surface area contributed by atoms with Crippen LogP contribution in [0.15, 0.2) is 42.5 Å². The van der Waals surface area contributed by atoms with Crippen LogP contribution < -0.4 is 9.64 Å². The van der Waals surface area contributed by atoms with E-state index in [1.807, 2.05) is 24.3 Å². The van der Waals surface area contributed by atoms with Gasteiger partial charge in [-0.3, -0.25) is 9.59 Å². The molecule has 4 nitrogen and oxygen atoms in total. The van der Waals surface area contributed by atoms with Crippen molar-refractivity contribution < 1.29 is 14.3 Å². The van der Waals surface area contributed by atoms with Crippen molar-refractivity contribution in [2.75, 3.05) is 11.5 Å². The fourth-order valence-corrected chi connectivity index (χ4v) is 3.08. The molecule has 0 fully saturated rings. The van der Waals surface area contributed by atoms with Crippen LogP contribution in [0, 0.1) is 0 Å². The molecule has 0 unspecified atom stereocenters. The zero-order chi connectivity index (χ0) is 17.8. The Labute approximate surface area is 152 Å². The van der Waals surface area contributed by atoms with E-state index in [1.165, 1.54) is 4.90 Å². The highest BCUT2D eigenvalue weighted by atomic mass is 35.5. The molecule has 2 aromatic carbocycles. The monoisotopic (exact) mass is 357 g/mol. The fraction of sp³-hybridized carbons (Fsp3) is 0.300. The molecular weight excluding hydrogens is 338 g/mol. The first kappa shape index (κ1) is 17.5. The number of ether oxygens (including phenoxy) is 1. The predicted octanol–water partition coefficient (Wildman–Crippen LogP) is 4.64. The molecule has 25 heavy (non-hydrogen) atoms. The number of fused-ring (bicyclic) bond motifs is 1. The number of Topliss-reactive ketones (excluding diaryl/α,β-unsaturated/α-hetero) is 1. The van der Waals surface area contributed by atoms with Crippen LogP contribution in [0.25, 0.3) is 0 Å². The maximum atomic E-state index is 12.4. The number of ketones is 1. The minimum atomic E-state index is -0.530. The second-order valence-electron chi connectivity index (χ2n) is 6.05. The SMILES string of the molecule is CCCCCOc1ccccc1CN1C(=O)C(=O)c2cc(Cl)ccc21. The quantitative estimate of drug-likeness (QED) is 0.535. The maximum absolute atomic E-state index is 12.4. The number of halogens is 1. The van der Waals surface area contributed by atoms with Crippen molar-refractivity contribution >= 4 is 29.0 Å². The molecule has 0 saturated carbocycles. The Morgan fingerprint density at radius 2 is 1.88 bits per heavy atom. The smallest absolute Gasteiger partial charge is 0.299 e. The number of hydrogen-bond donors (Lipinski definition) is 0. The zero-order valence-electron chi connectivity index (χ0n) is 14.1. The van der Waals surface area contributed by atoms with Gasteiger partial charge in [0, 0.05) is 10.6 Å². The number of nitrogens with zero attached hydrogens (tertiary/aromatic N) is 1. The number of anilines is 1. The summed E-state index contributed by atoms with van der Waals surface area (Å²) >= 11 is 5.95. The molecule has 0 atom stereocenters. The Kier molecular flexibility index (Phi) is 5.39. The van der Waals surface area contributed by atoms with Crippen molar-refractivity contribution in [3.8, 4) is 5.75 Å². The Morgan fingerprint density at radius 1 is 1.08 bits per heavy atom. The highest BCUT2D eigenvalue weighted by Gasteiger charge is 2.36. The topological polar surface area (TPSA) is 46.6 Å². The molecule has 2 aromatic rings. The van der Waals surface area contributed by atoms with Crippen molar-refractivity contribution in [1.82, 2.24) is 0 Å². The Balaban J connectivity index is 1.81. The van der Waals surface area contributed by atoms with E-state index in [1.54, 1.807) is 18.2 Å². The molecule has 0 aliphatic carbocycles. The summed E-state index contributed by atoms with van der Waals surface area (Å²) in [4.78, 5) is 26.1. The van der Waals surface area contributed by atoms with E-state index >= 15 is 0 Å². The first-order valence-corrected chi connectivity index (χ1v) is 8.86. The molecule has 1 amide bonds. The number of amides is 1. The van der Waals surface area contributed by atoms with Crippen molar-refractivity contribution in [3.63, 3.8) is 0 Å². The number of unbranched alkanes of at least 4 members (excludes halogenated alkanes) is 2. The van der Waals surface area contributed by atoms with E-state index in [2.05, 4.69) is 6.92 Å². The summed E-state index contributed by atoms with van der Waals surface area (Å²) in [7, 11) is 0. The van der Waals surface area contributed by atoms with Crippen molar-refractivity contribution in [1.29, 1.82) is 0 Å². The number of carbonyl (C=O) groups excluding carboxylic acids is 2. The van der Waals surface area contributed by atoms with Crippen molar-refractivity contribution in [3.05, 3.63) is 58.6 Å². The average Bonchev–Trinajstić information content (AvgIpc) is 2.84. The molecule has 0 bridgehead atoms. The van der Waals surface area contributed by atoms with E-state index in [9.17, 15) is 9.59 Å². The van der Waals surface area contributed by atoms with Gasteiger partial charge in [0.2, 0.25) is 0 Å². The van der Waals surface area contributed by atoms with Gasteiger partial charge in [0.15, 0.2) is 0 Å². The molecule has 5 heteroatoms. The van der Waals surface area contributed by atoms with E-state index in [-0.39, 0.29) is 0 Å². The highest BCUT2D eigenvalue weighted by molar-refractivity contribution is 6.52. The second kappa shape index (κ2) is 7.70. The summed E-state index contributed by atoms with van der Waals surface area (Å²) in [6, 6.07) is 12.6. The molecule has 3 rings (SSSR count). The van der Waals surface area contributed by atoms with Gasteiger partial charge in [-0.05, 0) is 30.7 Å². The van der Waals surface area contributed by atoms with Gasteiger partial charge in [-0.1, -0.05) is 49.6 Å². The van der Waals surface area contributed by atoms with Crippen molar-refractivity contribution in [2.45, 2.75) is 32.7 Å². The number of hydrogen-bond acceptors (Lipinski definition) is 3. The lowest BCUT2D eigenvalue weighted by molar-refractivity contribution is -0.114. The van der Waals surface area contributed by atoms with Crippen LogP contribution in [0.2, 0.25) is 5.02 Å². The average molecular weight is 358 g/mol. The van der Waals surface area contributed by atoms with Crippen LogP contribution >= 0.6 is 11.6 Å². The lowest BCUT2D eigenvalue weighted by atomic mass is 10.1. The molecule has 130 valence electrons. The van der Waals surface area contributed by atoms with E-state index in [4.69, 9.17) is 16.3 Å². The number of benzene rings is 2. The number of para-hydroxylation sites is 1. The highest BCUT2D eigenvalue weighted by Crippen LogP contribution is 2.33. The predicted molar refractivity (Wildman–Crippen MR) is 98.4 cm³/mol. The van der Waals surface area contributed by atoms with E-state index in [0.717, 1.165) is 30.6 Å². The van der Waals surface area contributed by atoms with Gasteiger partial charge in [0.1, 0.15) is 5.75 Å². The lowest BCUT2D eigenvalue weighted by Gasteiger charge is -2.19. The lowest BCUT2D eigenvalue weighted by Crippen LogP contribution is -2.29. The third-order valence-electron chi connectivity index (χ3n) is 4.24. The third kappa shape index (κ3) is 3.69. The number of rotatable bonds is 7. The molecule has 0 saturated heterocycles. The first-order valence-electron chi connectivity index (χ1n) is 8.48. The van der Waals surface area contributed by atoms with Crippen molar-refractivity contribution in [2.24, 2.45) is 0 Å². The largest absolute Gasteiger partial charge is 0.493 e. The Morgan fingerprint density at radius 3 is 2.68 bits per heavy atom. The Hall–Kier alpha value is -2.33. The third-order valence-corrected chi connectivity index (χ3v) is 4.48. The van der Waals surface area contributed by atoms with Crippen LogP contribution in [0.4, 0.5) is 5.69 Å². The van der Waals surface area contributed by atoms with Gasteiger partial charge in [-0.2, -0.15) is 0 Å². The van der Waals surface area contributed by atoms with Crippen LogP contribution in [0.3, 0.4) is 0 Å². The molecule has 0 N–H and O–H groups in total. The standard InChI is InChI=1S/C20H20ClNO3/c1-2-3-6-11-25-18-8-5-4-7-14(18)13-22-17-10-9-15(21)12-16(17)19(23)20(22)24/h4-5,7-10,12H,2-3,6,11,13H2,1H3. The molecule has 1 aliphatic rings. The van der Waals surface area contributed by atoms with Gasteiger partial charge in [0.05, 0.1) is 24.4 Å². The zero-order valence-corrected chi connectivity index (χ0v) is 14.9. The second-order valence-corrected chi connectivity index (χ2v) is 6.48. The summed E-state index contributed by atoms with van der Waals surface area (Å²) in [5, 5.41) is 0.446. The van der Waals surface area contributed by atoms with Crippen LogP contribution in [-0.4, -0.2) is 18.3 Å². The summed E-state index contributed by atoms with van der Waals surface area (Å²) in [6.45, 7) is 3.08. The van der Waals surface area contributed by atoms with Crippen LogP contribution in [-0.2, 0) is 11.3 Å². The summed E-state index contributed by atoms with van der Waals surface area (Å²) in [5.74, 6) is -0.293. The van der Waals surface area contributed by atoms with E-state index in [0.29, 0.717) is 29.4 Å². The van der Waals surface area contributed by atoms with E-state index < -0.39 is 11.7 Å². The number of carbonyl (C=O) groups is 2. The van der Waals surface area contributed by atoms with Gasteiger partial charge in [-0.15, -0.1) is 0 Å². The fourth-order valence-electron chi connectivity index (χ4n) is 2.91. The minimum absolute atomic E-state index is 0.295. The van der Waals surface area contributed by atoms with Gasteiger partial charge < -0.3 is 9.64 Å². The summed E-state index contributed by atoms with van der Waals surface area (Å²) in [5.41, 5.74) is 1.84. The van der Waals surface area contributed by atoms with Gasteiger partial charge in [0.25, 0.3) is 11.7 Å². The molecule has 0 radical (unpaired) electrons. The molecule has 0 aromatic heterocycles. The Bertz CT molecular complexity index is 803. The van der Waals surface area contributed by atoms with Gasteiger partial charge in [-0.25, -0.2) is 0 Å². The summed E-state index contributed by atoms with van der Waals surface area (Å²) in [6.07, 6.45) is 3.25.